The molecule has 1 aliphatic rings. The standard InChI is InChI=1S/C23H30N4O/c1-3-20-7-4-5-8-21(20)16-26-23(24-2)25-15-18-10-12-19(13-11-18)17-27-14-6-9-22(27)28/h4-5,7-8,10-13H,3,6,9,14-17H2,1-2H3,(H2,24,25,26). The Morgan fingerprint density at radius 3 is 2.32 bits per heavy atom. The van der Waals surface area contributed by atoms with E-state index in [1.807, 2.05) is 4.90 Å². The highest BCUT2D eigenvalue weighted by Gasteiger charge is 2.19. The summed E-state index contributed by atoms with van der Waals surface area (Å²) in [6.45, 7) is 5.23. The quantitative estimate of drug-likeness (QED) is 0.574. The van der Waals surface area contributed by atoms with E-state index in [0.717, 1.165) is 31.9 Å². The number of nitrogens with zero attached hydrogens (tertiary/aromatic N) is 2. The number of rotatable bonds is 7. The van der Waals surface area contributed by atoms with Crippen LogP contribution >= 0.6 is 0 Å². The van der Waals surface area contributed by atoms with E-state index in [9.17, 15) is 4.79 Å². The molecule has 0 unspecified atom stereocenters. The van der Waals surface area contributed by atoms with Gasteiger partial charge in [-0.15, -0.1) is 0 Å². The van der Waals surface area contributed by atoms with E-state index in [4.69, 9.17) is 0 Å². The number of hydrogen-bond acceptors (Lipinski definition) is 2. The Bertz CT molecular complexity index is 814. The number of aliphatic imine (C=N–C) groups is 1. The topological polar surface area (TPSA) is 56.7 Å². The minimum Gasteiger partial charge on any atom is -0.352 e. The van der Waals surface area contributed by atoms with Crippen molar-refractivity contribution >= 4 is 11.9 Å². The molecule has 28 heavy (non-hydrogen) atoms. The normalized spacial score (nSPS) is 14.4. The fraction of sp³-hybridized carbons (Fsp3) is 0.391. The van der Waals surface area contributed by atoms with E-state index in [-0.39, 0.29) is 5.91 Å². The molecule has 1 aliphatic heterocycles. The number of hydrogen-bond donors (Lipinski definition) is 2. The highest BCUT2D eigenvalue weighted by Crippen LogP contribution is 2.15. The van der Waals surface area contributed by atoms with Crippen molar-refractivity contribution in [1.82, 2.24) is 15.5 Å². The summed E-state index contributed by atoms with van der Waals surface area (Å²) in [6, 6.07) is 16.9. The monoisotopic (exact) mass is 378 g/mol. The number of amides is 1. The molecule has 148 valence electrons. The molecule has 0 aromatic heterocycles. The Morgan fingerprint density at radius 2 is 1.68 bits per heavy atom. The fourth-order valence-electron chi connectivity index (χ4n) is 3.51. The van der Waals surface area contributed by atoms with Crippen LogP contribution in [-0.2, 0) is 30.8 Å². The van der Waals surface area contributed by atoms with Crippen molar-refractivity contribution in [2.45, 2.75) is 45.8 Å². The van der Waals surface area contributed by atoms with Crippen LogP contribution in [0.15, 0.2) is 53.5 Å². The van der Waals surface area contributed by atoms with Crippen molar-refractivity contribution in [2.24, 2.45) is 4.99 Å². The van der Waals surface area contributed by atoms with E-state index in [2.05, 4.69) is 71.1 Å². The maximum atomic E-state index is 11.8. The molecule has 0 spiro atoms. The Morgan fingerprint density at radius 1 is 1.00 bits per heavy atom. The summed E-state index contributed by atoms with van der Waals surface area (Å²) in [6.07, 6.45) is 2.70. The van der Waals surface area contributed by atoms with E-state index in [1.54, 1.807) is 7.05 Å². The number of carbonyl (C=O) groups excluding carboxylic acids is 1. The predicted molar refractivity (Wildman–Crippen MR) is 114 cm³/mol. The van der Waals surface area contributed by atoms with Crippen LogP contribution in [0.3, 0.4) is 0 Å². The minimum absolute atomic E-state index is 0.269. The molecular weight excluding hydrogens is 348 g/mol. The van der Waals surface area contributed by atoms with Crippen LogP contribution in [0.2, 0.25) is 0 Å². The van der Waals surface area contributed by atoms with Gasteiger partial charge in [0.05, 0.1) is 0 Å². The zero-order valence-electron chi connectivity index (χ0n) is 16.9. The van der Waals surface area contributed by atoms with Crippen LogP contribution in [-0.4, -0.2) is 30.4 Å². The molecular formula is C23H30N4O. The first-order chi connectivity index (χ1) is 13.7. The van der Waals surface area contributed by atoms with E-state index < -0.39 is 0 Å². The number of nitrogens with one attached hydrogen (secondary N) is 2. The second kappa shape index (κ2) is 9.93. The average molecular weight is 379 g/mol. The van der Waals surface area contributed by atoms with Gasteiger partial charge in [-0.2, -0.15) is 0 Å². The zero-order valence-corrected chi connectivity index (χ0v) is 16.9. The first-order valence-electron chi connectivity index (χ1n) is 10.1. The average Bonchev–Trinajstić information content (AvgIpc) is 3.14. The van der Waals surface area contributed by atoms with Gasteiger partial charge in [0, 0.05) is 39.6 Å². The van der Waals surface area contributed by atoms with E-state index in [0.29, 0.717) is 19.5 Å². The van der Waals surface area contributed by atoms with Crippen LogP contribution in [0.25, 0.3) is 0 Å². The third kappa shape index (κ3) is 5.35. The van der Waals surface area contributed by atoms with Crippen molar-refractivity contribution in [2.75, 3.05) is 13.6 Å². The molecule has 0 bridgehead atoms. The van der Waals surface area contributed by atoms with Gasteiger partial charge in [0.1, 0.15) is 0 Å². The van der Waals surface area contributed by atoms with Crippen LogP contribution in [0.4, 0.5) is 0 Å². The largest absolute Gasteiger partial charge is 0.352 e. The summed E-state index contributed by atoms with van der Waals surface area (Å²) in [4.78, 5) is 18.0. The van der Waals surface area contributed by atoms with Crippen LogP contribution in [0.5, 0.6) is 0 Å². The molecule has 1 heterocycles. The minimum atomic E-state index is 0.269. The summed E-state index contributed by atoms with van der Waals surface area (Å²) < 4.78 is 0. The van der Waals surface area contributed by atoms with Gasteiger partial charge in [0.25, 0.3) is 0 Å². The molecule has 0 aliphatic carbocycles. The SMILES string of the molecule is CCc1ccccc1CNC(=NC)NCc1ccc(CN2CCCC2=O)cc1. The smallest absolute Gasteiger partial charge is 0.222 e. The van der Waals surface area contributed by atoms with Gasteiger partial charge in [0.2, 0.25) is 5.91 Å². The molecule has 0 atom stereocenters. The second-order valence-corrected chi connectivity index (χ2v) is 7.14. The molecule has 3 rings (SSSR count). The van der Waals surface area contributed by atoms with Gasteiger partial charge in [-0.25, -0.2) is 0 Å². The summed E-state index contributed by atoms with van der Waals surface area (Å²) in [5.41, 5.74) is 5.03. The number of benzene rings is 2. The van der Waals surface area contributed by atoms with Gasteiger partial charge in [0.15, 0.2) is 5.96 Å². The van der Waals surface area contributed by atoms with Crippen LogP contribution < -0.4 is 10.6 Å². The number of likely N-dealkylation sites (tertiary alicyclic amines) is 1. The highest BCUT2D eigenvalue weighted by atomic mass is 16.2. The maximum absolute atomic E-state index is 11.8. The van der Waals surface area contributed by atoms with Crippen molar-refractivity contribution in [3.63, 3.8) is 0 Å². The summed E-state index contributed by atoms with van der Waals surface area (Å²) in [5, 5.41) is 6.76. The second-order valence-electron chi connectivity index (χ2n) is 7.14. The van der Waals surface area contributed by atoms with Crippen LogP contribution in [0.1, 0.15) is 42.0 Å². The molecule has 0 radical (unpaired) electrons. The lowest BCUT2D eigenvalue weighted by atomic mass is 10.1. The molecule has 2 aromatic rings. The number of guanidine groups is 1. The van der Waals surface area contributed by atoms with E-state index in [1.165, 1.54) is 22.3 Å². The third-order valence-electron chi connectivity index (χ3n) is 5.20. The van der Waals surface area contributed by atoms with E-state index >= 15 is 0 Å². The third-order valence-corrected chi connectivity index (χ3v) is 5.20. The lowest BCUT2D eigenvalue weighted by Crippen LogP contribution is -2.36. The highest BCUT2D eigenvalue weighted by molar-refractivity contribution is 5.79. The van der Waals surface area contributed by atoms with Gasteiger partial charge >= 0.3 is 0 Å². The van der Waals surface area contributed by atoms with Gasteiger partial charge in [-0.1, -0.05) is 55.5 Å². The first kappa shape index (κ1) is 19.9. The number of carbonyl (C=O) groups is 1. The fourth-order valence-corrected chi connectivity index (χ4v) is 3.51. The molecule has 1 fully saturated rings. The number of aryl methyl sites for hydroxylation is 1. The van der Waals surface area contributed by atoms with Crippen molar-refractivity contribution in [3.8, 4) is 0 Å². The molecule has 1 saturated heterocycles. The first-order valence-corrected chi connectivity index (χ1v) is 10.1. The molecule has 2 N–H and O–H groups in total. The summed E-state index contributed by atoms with van der Waals surface area (Å²) >= 11 is 0. The lowest BCUT2D eigenvalue weighted by Gasteiger charge is -2.16. The predicted octanol–water partition coefficient (Wildman–Crippen LogP) is 3.24. The summed E-state index contributed by atoms with van der Waals surface area (Å²) in [7, 11) is 1.79. The maximum Gasteiger partial charge on any atom is 0.222 e. The molecule has 5 heteroatoms. The van der Waals surface area contributed by atoms with Crippen molar-refractivity contribution < 1.29 is 4.79 Å². The molecule has 0 saturated carbocycles. The molecule has 2 aromatic carbocycles. The molecule has 5 nitrogen and oxygen atoms in total. The van der Waals surface area contributed by atoms with Crippen molar-refractivity contribution in [3.05, 3.63) is 70.8 Å². The zero-order chi connectivity index (χ0) is 19.8. The summed E-state index contributed by atoms with van der Waals surface area (Å²) in [5.74, 6) is 1.06. The van der Waals surface area contributed by atoms with Gasteiger partial charge in [-0.05, 0) is 35.1 Å². The Labute approximate surface area is 167 Å². The Kier molecular flexibility index (Phi) is 7.06. The molecule has 1 amide bonds. The van der Waals surface area contributed by atoms with Crippen LogP contribution in [0, 0.1) is 0 Å². The lowest BCUT2D eigenvalue weighted by molar-refractivity contribution is -0.128. The Hall–Kier alpha value is -2.82. The van der Waals surface area contributed by atoms with Gasteiger partial charge < -0.3 is 15.5 Å². The Balaban J connectivity index is 1.48. The van der Waals surface area contributed by atoms with Crippen molar-refractivity contribution in [1.29, 1.82) is 0 Å². The van der Waals surface area contributed by atoms with Gasteiger partial charge in [-0.3, -0.25) is 9.79 Å².